The van der Waals surface area contributed by atoms with Gasteiger partial charge in [-0.1, -0.05) is 55.5 Å². The molecule has 0 unspecified atom stereocenters. The van der Waals surface area contributed by atoms with Crippen LogP contribution >= 0.6 is 0 Å². The average molecular weight is 383 g/mol. The Morgan fingerprint density at radius 1 is 0.897 bits per heavy atom. The molecular formula is C25H25N3O. The number of hydrogen-bond donors (Lipinski definition) is 3. The molecule has 3 N–H and O–H groups in total. The van der Waals surface area contributed by atoms with Gasteiger partial charge in [-0.25, -0.2) is 4.79 Å². The van der Waals surface area contributed by atoms with E-state index in [-0.39, 0.29) is 6.03 Å². The summed E-state index contributed by atoms with van der Waals surface area (Å²) in [4.78, 5) is 16.3. The van der Waals surface area contributed by atoms with Gasteiger partial charge >= 0.3 is 6.03 Å². The summed E-state index contributed by atoms with van der Waals surface area (Å²) < 4.78 is 0. The van der Waals surface area contributed by atoms with E-state index in [0.29, 0.717) is 0 Å². The summed E-state index contributed by atoms with van der Waals surface area (Å²) in [5.41, 5.74) is 8.02. The zero-order valence-electron chi connectivity index (χ0n) is 17.0. The minimum atomic E-state index is -0.258. The quantitative estimate of drug-likeness (QED) is 0.363. The number of hydrogen-bond acceptors (Lipinski definition) is 1. The second-order valence-corrected chi connectivity index (χ2v) is 7.43. The van der Waals surface area contributed by atoms with Gasteiger partial charge in [-0.05, 0) is 55.2 Å². The van der Waals surface area contributed by atoms with E-state index in [4.69, 9.17) is 0 Å². The Morgan fingerprint density at radius 3 is 2.28 bits per heavy atom. The first-order valence-corrected chi connectivity index (χ1v) is 9.90. The van der Waals surface area contributed by atoms with Gasteiger partial charge in [0, 0.05) is 22.2 Å². The summed E-state index contributed by atoms with van der Waals surface area (Å²) in [6.07, 6.45) is 0.996. The third-order valence-electron chi connectivity index (χ3n) is 5.08. The van der Waals surface area contributed by atoms with Gasteiger partial charge in [0.15, 0.2) is 0 Å². The van der Waals surface area contributed by atoms with Crippen LogP contribution < -0.4 is 10.6 Å². The molecular weight excluding hydrogens is 358 g/mol. The highest BCUT2D eigenvalue weighted by Gasteiger charge is 2.15. The number of carbonyl (C=O) groups is 1. The summed E-state index contributed by atoms with van der Waals surface area (Å²) in [6.45, 7) is 6.18. The topological polar surface area (TPSA) is 56.9 Å². The SMILES string of the molecule is CCc1ccc(-c2[nH]c3ccccc3c2NC(=O)Nc2cc(C)cc(C)c2)cc1. The second-order valence-electron chi connectivity index (χ2n) is 7.43. The number of benzene rings is 3. The third-order valence-corrected chi connectivity index (χ3v) is 5.08. The highest BCUT2D eigenvalue weighted by atomic mass is 16.2. The number of amides is 2. The van der Waals surface area contributed by atoms with E-state index in [1.165, 1.54) is 5.56 Å². The van der Waals surface area contributed by atoms with Crippen LogP contribution in [-0.2, 0) is 6.42 Å². The van der Waals surface area contributed by atoms with Gasteiger partial charge in [-0.15, -0.1) is 0 Å². The number of para-hydroxylation sites is 1. The number of H-pyrrole nitrogens is 1. The van der Waals surface area contributed by atoms with Crippen molar-refractivity contribution >= 4 is 28.3 Å². The normalized spacial score (nSPS) is 10.9. The molecule has 0 radical (unpaired) electrons. The molecule has 0 saturated carbocycles. The molecule has 0 aliphatic rings. The van der Waals surface area contributed by atoms with E-state index in [9.17, 15) is 4.79 Å². The molecule has 0 aliphatic carbocycles. The van der Waals surface area contributed by atoms with Crippen LogP contribution in [0.25, 0.3) is 22.2 Å². The number of fused-ring (bicyclic) bond motifs is 1. The Bertz CT molecular complexity index is 1150. The molecule has 0 spiro atoms. The van der Waals surface area contributed by atoms with E-state index < -0.39 is 0 Å². The standard InChI is InChI=1S/C25H25N3O/c1-4-18-9-11-19(12-10-18)23-24(21-7-5-6-8-22(21)27-23)28-25(29)26-20-14-16(2)13-17(3)15-20/h5-15,27H,4H2,1-3H3,(H2,26,28,29). The van der Waals surface area contributed by atoms with Crippen molar-refractivity contribution in [3.05, 3.63) is 83.4 Å². The number of anilines is 2. The molecule has 0 fully saturated rings. The highest BCUT2D eigenvalue weighted by Crippen LogP contribution is 2.35. The maximum Gasteiger partial charge on any atom is 0.323 e. The largest absolute Gasteiger partial charge is 0.353 e. The molecule has 0 saturated heterocycles. The Labute approximate surface area is 171 Å². The van der Waals surface area contributed by atoms with Crippen molar-refractivity contribution in [3.63, 3.8) is 0 Å². The zero-order chi connectivity index (χ0) is 20.4. The number of carbonyl (C=O) groups excluding carboxylic acids is 1. The number of urea groups is 1. The van der Waals surface area contributed by atoms with Crippen molar-refractivity contribution in [2.75, 3.05) is 10.6 Å². The van der Waals surface area contributed by atoms with Gasteiger partial charge in [0.05, 0.1) is 11.4 Å². The summed E-state index contributed by atoms with van der Waals surface area (Å²) >= 11 is 0. The van der Waals surface area contributed by atoms with Crippen LogP contribution in [0.1, 0.15) is 23.6 Å². The Kier molecular flexibility index (Phi) is 5.09. The van der Waals surface area contributed by atoms with Crippen molar-refractivity contribution < 1.29 is 4.79 Å². The predicted octanol–water partition coefficient (Wildman–Crippen LogP) is 6.66. The van der Waals surface area contributed by atoms with Gasteiger partial charge in [-0.2, -0.15) is 0 Å². The Hall–Kier alpha value is -3.53. The summed E-state index contributed by atoms with van der Waals surface area (Å²) in [7, 11) is 0. The van der Waals surface area contributed by atoms with Crippen LogP contribution in [0.3, 0.4) is 0 Å². The molecule has 29 heavy (non-hydrogen) atoms. The van der Waals surface area contributed by atoms with E-state index in [2.05, 4.69) is 52.9 Å². The molecule has 0 aliphatic heterocycles. The number of aromatic nitrogens is 1. The fourth-order valence-electron chi connectivity index (χ4n) is 3.72. The number of aryl methyl sites for hydroxylation is 3. The molecule has 1 heterocycles. The molecule has 4 aromatic rings. The fraction of sp³-hybridized carbons (Fsp3) is 0.160. The first kappa shape index (κ1) is 18.8. The van der Waals surface area contributed by atoms with Crippen LogP contribution in [0.5, 0.6) is 0 Å². The molecule has 146 valence electrons. The van der Waals surface area contributed by atoms with E-state index in [0.717, 1.165) is 51.1 Å². The molecule has 1 aromatic heterocycles. The molecule has 2 amide bonds. The lowest BCUT2D eigenvalue weighted by molar-refractivity contribution is 0.262. The zero-order valence-corrected chi connectivity index (χ0v) is 17.0. The minimum Gasteiger partial charge on any atom is -0.353 e. The van der Waals surface area contributed by atoms with Crippen molar-refractivity contribution in [3.8, 4) is 11.3 Å². The van der Waals surface area contributed by atoms with Crippen LogP contribution in [0, 0.1) is 13.8 Å². The lowest BCUT2D eigenvalue weighted by Gasteiger charge is -2.11. The van der Waals surface area contributed by atoms with Crippen molar-refractivity contribution in [2.24, 2.45) is 0 Å². The molecule has 4 nitrogen and oxygen atoms in total. The van der Waals surface area contributed by atoms with Crippen LogP contribution in [0.2, 0.25) is 0 Å². The molecule has 4 heteroatoms. The number of nitrogens with one attached hydrogen (secondary N) is 3. The maximum atomic E-state index is 12.8. The predicted molar refractivity (Wildman–Crippen MR) is 122 cm³/mol. The third kappa shape index (κ3) is 4.02. The van der Waals surface area contributed by atoms with Crippen molar-refractivity contribution in [1.29, 1.82) is 0 Å². The minimum absolute atomic E-state index is 0.258. The van der Waals surface area contributed by atoms with E-state index >= 15 is 0 Å². The number of rotatable bonds is 4. The van der Waals surface area contributed by atoms with E-state index in [1.807, 2.05) is 50.2 Å². The van der Waals surface area contributed by atoms with Crippen LogP contribution in [-0.4, -0.2) is 11.0 Å². The fourth-order valence-corrected chi connectivity index (χ4v) is 3.72. The lowest BCUT2D eigenvalue weighted by Crippen LogP contribution is -2.19. The monoisotopic (exact) mass is 383 g/mol. The van der Waals surface area contributed by atoms with Gasteiger partial charge in [0.2, 0.25) is 0 Å². The smallest absolute Gasteiger partial charge is 0.323 e. The Morgan fingerprint density at radius 2 is 1.59 bits per heavy atom. The summed E-state index contributed by atoms with van der Waals surface area (Å²) in [5, 5.41) is 7.01. The van der Waals surface area contributed by atoms with Crippen molar-refractivity contribution in [2.45, 2.75) is 27.2 Å². The Balaban J connectivity index is 1.69. The maximum absolute atomic E-state index is 12.8. The number of aromatic amines is 1. The van der Waals surface area contributed by atoms with Gasteiger partial charge in [-0.3, -0.25) is 0 Å². The highest BCUT2D eigenvalue weighted by molar-refractivity contribution is 6.10. The lowest BCUT2D eigenvalue weighted by atomic mass is 10.1. The first-order valence-electron chi connectivity index (χ1n) is 9.90. The van der Waals surface area contributed by atoms with Gasteiger partial charge < -0.3 is 15.6 Å². The molecule has 0 atom stereocenters. The van der Waals surface area contributed by atoms with Gasteiger partial charge in [0.1, 0.15) is 0 Å². The first-order chi connectivity index (χ1) is 14.0. The molecule has 3 aromatic carbocycles. The van der Waals surface area contributed by atoms with Crippen LogP contribution in [0.15, 0.2) is 66.7 Å². The molecule has 4 rings (SSSR count). The van der Waals surface area contributed by atoms with Crippen molar-refractivity contribution in [1.82, 2.24) is 4.98 Å². The second kappa shape index (κ2) is 7.84. The van der Waals surface area contributed by atoms with E-state index in [1.54, 1.807) is 0 Å². The summed E-state index contributed by atoms with van der Waals surface area (Å²) in [6, 6.07) is 22.2. The summed E-state index contributed by atoms with van der Waals surface area (Å²) in [5.74, 6) is 0. The van der Waals surface area contributed by atoms with Crippen LogP contribution in [0.4, 0.5) is 16.2 Å². The molecule has 0 bridgehead atoms. The van der Waals surface area contributed by atoms with Gasteiger partial charge in [0.25, 0.3) is 0 Å². The average Bonchev–Trinajstić information content (AvgIpc) is 3.05.